The Morgan fingerprint density at radius 3 is 2.47 bits per heavy atom. The first-order valence-corrected chi connectivity index (χ1v) is 8.47. The van der Waals surface area contributed by atoms with Gasteiger partial charge in [-0.25, -0.2) is 13.1 Å². The zero-order valence-corrected chi connectivity index (χ0v) is 11.4. The molecule has 2 aliphatic rings. The minimum Gasteiger partial charge on any atom is -0.313 e. The van der Waals surface area contributed by atoms with E-state index < -0.39 is 10.0 Å². The topological polar surface area (TPSA) is 58.2 Å². The first-order chi connectivity index (χ1) is 8.09. The second kappa shape index (κ2) is 5.67. The van der Waals surface area contributed by atoms with E-state index in [1.165, 1.54) is 25.7 Å². The molecule has 5 heteroatoms. The Kier molecular flexibility index (Phi) is 4.44. The Bertz CT molecular complexity index is 334. The van der Waals surface area contributed by atoms with Gasteiger partial charge in [-0.05, 0) is 31.6 Å². The van der Waals surface area contributed by atoms with Crippen molar-refractivity contribution in [2.45, 2.75) is 57.5 Å². The van der Waals surface area contributed by atoms with Crippen LogP contribution in [0.15, 0.2) is 0 Å². The molecule has 0 aromatic carbocycles. The summed E-state index contributed by atoms with van der Waals surface area (Å²) in [5.74, 6) is 0.984. The summed E-state index contributed by atoms with van der Waals surface area (Å²) in [6.07, 6.45) is 6.87. The van der Waals surface area contributed by atoms with E-state index in [9.17, 15) is 8.42 Å². The molecule has 0 aliphatic heterocycles. The smallest absolute Gasteiger partial charge is 0.213 e. The number of hydrogen-bond acceptors (Lipinski definition) is 3. The van der Waals surface area contributed by atoms with Gasteiger partial charge in [0.2, 0.25) is 10.0 Å². The lowest BCUT2D eigenvalue weighted by Crippen LogP contribution is -2.39. The molecule has 0 amide bonds. The quantitative estimate of drug-likeness (QED) is 0.656. The molecule has 2 N–H and O–H groups in total. The Labute approximate surface area is 105 Å². The summed E-state index contributed by atoms with van der Waals surface area (Å²) in [5, 5.41) is 3.24. The van der Waals surface area contributed by atoms with Gasteiger partial charge < -0.3 is 5.32 Å². The van der Waals surface area contributed by atoms with Gasteiger partial charge in [-0.15, -0.1) is 0 Å². The van der Waals surface area contributed by atoms with Crippen molar-refractivity contribution in [3.63, 3.8) is 0 Å². The van der Waals surface area contributed by atoms with Crippen molar-refractivity contribution in [2.75, 3.05) is 12.3 Å². The van der Waals surface area contributed by atoms with Crippen LogP contribution in [-0.4, -0.2) is 32.8 Å². The third kappa shape index (κ3) is 5.36. The molecule has 0 spiro atoms. The molecule has 0 aromatic rings. The van der Waals surface area contributed by atoms with Gasteiger partial charge in [0, 0.05) is 18.6 Å². The van der Waals surface area contributed by atoms with E-state index in [4.69, 9.17) is 0 Å². The molecule has 1 unspecified atom stereocenters. The SMILES string of the molecule is CCC(CC1CC1)NS(=O)(=O)CCNC1CC1. The molecular weight excluding hydrogens is 236 g/mol. The van der Waals surface area contributed by atoms with Crippen molar-refractivity contribution in [2.24, 2.45) is 5.92 Å². The second-order valence-electron chi connectivity index (χ2n) is 5.45. The standard InChI is InChI=1S/C12H24N2O2S/c1-2-11(9-10-3-4-10)14-17(15,16)8-7-13-12-5-6-12/h10-14H,2-9H2,1H3. The second-order valence-corrected chi connectivity index (χ2v) is 7.32. The van der Waals surface area contributed by atoms with Crippen LogP contribution in [0.5, 0.6) is 0 Å². The predicted molar refractivity (Wildman–Crippen MR) is 69.4 cm³/mol. The Balaban J connectivity index is 1.68. The summed E-state index contributed by atoms with van der Waals surface area (Å²) in [5.41, 5.74) is 0. The van der Waals surface area contributed by atoms with Gasteiger partial charge in [0.05, 0.1) is 5.75 Å². The highest BCUT2D eigenvalue weighted by molar-refractivity contribution is 7.89. The highest BCUT2D eigenvalue weighted by Crippen LogP contribution is 2.34. The van der Waals surface area contributed by atoms with Gasteiger partial charge >= 0.3 is 0 Å². The van der Waals surface area contributed by atoms with E-state index in [2.05, 4.69) is 17.0 Å². The Hall–Kier alpha value is -0.130. The van der Waals surface area contributed by atoms with Crippen LogP contribution in [-0.2, 0) is 10.0 Å². The minimum atomic E-state index is -3.09. The molecule has 17 heavy (non-hydrogen) atoms. The van der Waals surface area contributed by atoms with Gasteiger partial charge in [-0.3, -0.25) is 0 Å². The van der Waals surface area contributed by atoms with Crippen LogP contribution < -0.4 is 10.0 Å². The van der Waals surface area contributed by atoms with Gasteiger partial charge in [-0.2, -0.15) is 0 Å². The minimum absolute atomic E-state index is 0.147. The maximum absolute atomic E-state index is 11.9. The molecule has 1 atom stereocenters. The summed E-state index contributed by atoms with van der Waals surface area (Å²) in [4.78, 5) is 0. The monoisotopic (exact) mass is 260 g/mol. The summed E-state index contributed by atoms with van der Waals surface area (Å²) >= 11 is 0. The van der Waals surface area contributed by atoms with Crippen LogP contribution >= 0.6 is 0 Å². The number of rotatable bonds is 9. The van der Waals surface area contributed by atoms with Crippen molar-refractivity contribution in [3.8, 4) is 0 Å². The fourth-order valence-corrected chi connectivity index (χ4v) is 3.33. The molecule has 4 nitrogen and oxygen atoms in total. The largest absolute Gasteiger partial charge is 0.313 e. The lowest BCUT2D eigenvalue weighted by Gasteiger charge is -2.16. The zero-order valence-electron chi connectivity index (χ0n) is 10.6. The molecule has 0 saturated heterocycles. The molecule has 0 aromatic heterocycles. The fraction of sp³-hybridized carbons (Fsp3) is 1.00. The number of sulfonamides is 1. The number of nitrogens with one attached hydrogen (secondary N) is 2. The Morgan fingerprint density at radius 1 is 1.24 bits per heavy atom. The van der Waals surface area contributed by atoms with Crippen molar-refractivity contribution in [1.29, 1.82) is 0 Å². The van der Waals surface area contributed by atoms with E-state index in [-0.39, 0.29) is 11.8 Å². The van der Waals surface area contributed by atoms with Crippen LogP contribution in [0.2, 0.25) is 0 Å². The normalized spacial score (nSPS) is 22.6. The van der Waals surface area contributed by atoms with E-state index in [1.807, 2.05) is 0 Å². The maximum atomic E-state index is 11.9. The van der Waals surface area contributed by atoms with Crippen LogP contribution in [0.4, 0.5) is 0 Å². The van der Waals surface area contributed by atoms with E-state index in [0.717, 1.165) is 18.8 Å². The van der Waals surface area contributed by atoms with E-state index in [0.29, 0.717) is 12.6 Å². The molecule has 2 rings (SSSR count). The molecule has 100 valence electrons. The predicted octanol–water partition coefficient (Wildman–Crippen LogP) is 1.24. The molecule has 2 aliphatic carbocycles. The highest BCUT2D eigenvalue weighted by atomic mass is 32.2. The summed E-state index contributed by atoms with van der Waals surface area (Å²) < 4.78 is 26.5. The van der Waals surface area contributed by atoms with Gasteiger partial charge in [0.1, 0.15) is 0 Å². The van der Waals surface area contributed by atoms with Crippen molar-refractivity contribution in [3.05, 3.63) is 0 Å². The average Bonchev–Trinajstić information content (AvgIpc) is 3.09. The van der Waals surface area contributed by atoms with Gasteiger partial charge in [0.25, 0.3) is 0 Å². The third-order valence-corrected chi connectivity index (χ3v) is 4.97. The Morgan fingerprint density at radius 2 is 1.94 bits per heavy atom. The van der Waals surface area contributed by atoms with E-state index in [1.54, 1.807) is 0 Å². The highest BCUT2D eigenvalue weighted by Gasteiger charge is 2.27. The lowest BCUT2D eigenvalue weighted by molar-refractivity contribution is 0.494. The van der Waals surface area contributed by atoms with Crippen LogP contribution in [0.3, 0.4) is 0 Å². The first kappa shape index (κ1) is 13.3. The maximum Gasteiger partial charge on any atom is 0.213 e. The van der Waals surface area contributed by atoms with Crippen molar-refractivity contribution in [1.82, 2.24) is 10.0 Å². The molecular formula is C12H24N2O2S. The van der Waals surface area contributed by atoms with Gasteiger partial charge in [-0.1, -0.05) is 19.8 Å². The van der Waals surface area contributed by atoms with Crippen LogP contribution in [0.25, 0.3) is 0 Å². The van der Waals surface area contributed by atoms with Gasteiger partial charge in [0.15, 0.2) is 0 Å². The average molecular weight is 260 g/mol. The summed E-state index contributed by atoms with van der Waals surface area (Å²) in [6.45, 7) is 2.64. The molecule has 2 saturated carbocycles. The van der Waals surface area contributed by atoms with Crippen LogP contribution in [0, 0.1) is 5.92 Å². The zero-order chi connectivity index (χ0) is 12.3. The van der Waals surface area contributed by atoms with E-state index >= 15 is 0 Å². The van der Waals surface area contributed by atoms with Crippen molar-refractivity contribution < 1.29 is 8.42 Å². The lowest BCUT2D eigenvalue weighted by atomic mass is 10.1. The van der Waals surface area contributed by atoms with Crippen molar-refractivity contribution >= 4 is 10.0 Å². The number of hydrogen-bond donors (Lipinski definition) is 2. The molecule has 0 radical (unpaired) electrons. The fourth-order valence-electron chi connectivity index (χ4n) is 2.05. The summed E-state index contributed by atoms with van der Waals surface area (Å²) in [6, 6.07) is 0.729. The first-order valence-electron chi connectivity index (χ1n) is 6.82. The summed E-state index contributed by atoms with van der Waals surface area (Å²) in [7, 11) is -3.09. The van der Waals surface area contributed by atoms with Crippen LogP contribution in [0.1, 0.15) is 45.4 Å². The molecule has 2 fully saturated rings. The molecule has 0 bridgehead atoms. The third-order valence-electron chi connectivity index (χ3n) is 3.53. The molecule has 0 heterocycles.